The molecule has 1 saturated heterocycles. The number of fused-ring (bicyclic) bond motifs is 1. The van der Waals surface area contributed by atoms with Crippen LogP contribution in [0.5, 0.6) is 0 Å². The Morgan fingerprint density at radius 1 is 1.26 bits per heavy atom. The van der Waals surface area contributed by atoms with E-state index >= 15 is 0 Å². The molecule has 31 heavy (non-hydrogen) atoms. The van der Waals surface area contributed by atoms with E-state index in [2.05, 4.69) is 25.7 Å². The first-order valence-corrected chi connectivity index (χ1v) is 11.0. The van der Waals surface area contributed by atoms with Gasteiger partial charge in [-0.3, -0.25) is 19.3 Å². The average Bonchev–Trinajstić information content (AvgIpc) is 2.81. The summed E-state index contributed by atoms with van der Waals surface area (Å²) < 4.78 is 7.36. The number of hydrogen-bond acceptors (Lipinski definition) is 8. The fraction of sp³-hybridized carbons (Fsp3) is 0.619. The van der Waals surface area contributed by atoms with Crippen LogP contribution in [-0.2, 0) is 9.57 Å². The molecule has 1 amide bonds. The first kappa shape index (κ1) is 21.7. The fourth-order valence-electron chi connectivity index (χ4n) is 4.32. The first-order valence-electron chi connectivity index (χ1n) is 11.0. The van der Waals surface area contributed by atoms with Crippen molar-refractivity contribution in [1.82, 2.24) is 24.9 Å². The third kappa shape index (κ3) is 5.03. The zero-order valence-electron chi connectivity index (χ0n) is 17.9. The van der Waals surface area contributed by atoms with Gasteiger partial charge in [-0.1, -0.05) is 19.3 Å². The molecule has 0 bridgehead atoms. The number of nitrogens with zero attached hydrogens (tertiary/aromatic N) is 4. The normalized spacial score (nSPS) is 18.2. The van der Waals surface area contributed by atoms with Crippen LogP contribution in [0.3, 0.4) is 0 Å². The molecule has 0 radical (unpaired) electrons. The van der Waals surface area contributed by atoms with E-state index in [4.69, 9.17) is 9.57 Å². The molecule has 1 saturated carbocycles. The molecule has 10 nitrogen and oxygen atoms in total. The summed E-state index contributed by atoms with van der Waals surface area (Å²) in [6.45, 7) is 4.95. The number of carbonyl (C=O) groups excluding carboxylic acids is 1. The van der Waals surface area contributed by atoms with Crippen molar-refractivity contribution in [2.45, 2.75) is 38.1 Å². The number of hydroxylamine groups is 1. The molecule has 10 heteroatoms. The van der Waals surface area contributed by atoms with Gasteiger partial charge in [0.05, 0.1) is 25.7 Å². The molecule has 0 unspecified atom stereocenters. The Kier molecular flexibility index (Phi) is 7.10. The number of carbonyl (C=O) groups is 1. The van der Waals surface area contributed by atoms with Gasteiger partial charge in [-0.15, -0.1) is 0 Å². The van der Waals surface area contributed by atoms with Crippen molar-refractivity contribution in [1.29, 1.82) is 0 Å². The second-order valence-electron chi connectivity index (χ2n) is 8.02. The van der Waals surface area contributed by atoms with Crippen LogP contribution in [-0.4, -0.2) is 71.8 Å². The third-order valence-corrected chi connectivity index (χ3v) is 5.99. The van der Waals surface area contributed by atoms with Gasteiger partial charge in [0, 0.05) is 44.6 Å². The summed E-state index contributed by atoms with van der Waals surface area (Å²) in [4.78, 5) is 41.4. The largest absolute Gasteiger partial charge is 0.379 e. The van der Waals surface area contributed by atoms with Gasteiger partial charge in [0.25, 0.3) is 5.91 Å². The van der Waals surface area contributed by atoms with Crippen molar-refractivity contribution in [3.05, 3.63) is 28.2 Å². The van der Waals surface area contributed by atoms with E-state index < -0.39 is 11.3 Å². The molecule has 2 fully saturated rings. The van der Waals surface area contributed by atoms with Crippen LogP contribution in [0, 0.1) is 0 Å². The Morgan fingerprint density at radius 2 is 2.03 bits per heavy atom. The van der Waals surface area contributed by atoms with E-state index in [1.54, 1.807) is 6.20 Å². The predicted octanol–water partition coefficient (Wildman–Crippen LogP) is 1.33. The SMILES string of the molecule is CONC(=O)c1cn(C2CCCCC2)c2nc(NCCN3CCOCC3)ncc2c1=O. The van der Waals surface area contributed by atoms with Crippen molar-refractivity contribution in [3.63, 3.8) is 0 Å². The second kappa shape index (κ2) is 10.2. The second-order valence-corrected chi connectivity index (χ2v) is 8.02. The highest BCUT2D eigenvalue weighted by Crippen LogP contribution is 2.30. The quantitative estimate of drug-likeness (QED) is 0.633. The molecule has 0 aromatic carbocycles. The van der Waals surface area contributed by atoms with Gasteiger partial charge in [-0.05, 0) is 12.8 Å². The molecule has 2 aromatic rings. The lowest BCUT2D eigenvalue weighted by Crippen LogP contribution is -2.39. The van der Waals surface area contributed by atoms with Crippen molar-refractivity contribution in [3.8, 4) is 0 Å². The standard InChI is InChI=1S/C21H30N6O4/c1-30-25-20(29)17-14-27(15-5-3-2-4-6-15)19-16(18(17)28)13-23-21(24-19)22-7-8-26-9-11-31-12-10-26/h13-15H,2-12H2,1H3,(H,25,29)(H,22,23,24). The van der Waals surface area contributed by atoms with Crippen LogP contribution in [0.1, 0.15) is 48.5 Å². The molecule has 1 aliphatic carbocycles. The third-order valence-electron chi connectivity index (χ3n) is 5.99. The molecule has 3 heterocycles. The number of amides is 1. The minimum atomic E-state index is -0.563. The number of ether oxygens (including phenoxy) is 1. The lowest BCUT2D eigenvalue weighted by atomic mass is 9.95. The summed E-state index contributed by atoms with van der Waals surface area (Å²) in [6, 6.07) is 0.196. The van der Waals surface area contributed by atoms with Crippen molar-refractivity contribution in [2.75, 3.05) is 51.8 Å². The highest BCUT2D eigenvalue weighted by molar-refractivity contribution is 5.96. The van der Waals surface area contributed by atoms with Crippen LogP contribution < -0.4 is 16.2 Å². The van der Waals surface area contributed by atoms with Gasteiger partial charge < -0.3 is 14.6 Å². The molecular weight excluding hydrogens is 400 g/mol. The Labute approximate surface area is 180 Å². The van der Waals surface area contributed by atoms with E-state index in [1.165, 1.54) is 19.7 Å². The highest BCUT2D eigenvalue weighted by Gasteiger charge is 2.22. The molecule has 0 spiro atoms. The van der Waals surface area contributed by atoms with Gasteiger partial charge in [0.1, 0.15) is 11.2 Å². The maximum Gasteiger partial charge on any atom is 0.280 e. The van der Waals surface area contributed by atoms with Crippen LogP contribution >= 0.6 is 0 Å². The molecule has 2 aromatic heterocycles. The molecule has 0 atom stereocenters. The minimum absolute atomic E-state index is 0.0385. The number of anilines is 1. The number of aromatic nitrogens is 3. The first-order chi connectivity index (χ1) is 15.2. The Bertz CT molecular complexity index is 966. The monoisotopic (exact) mass is 430 g/mol. The summed E-state index contributed by atoms with van der Waals surface area (Å²) in [5.74, 6) is -0.0783. The van der Waals surface area contributed by atoms with E-state index in [9.17, 15) is 9.59 Å². The molecule has 2 N–H and O–H groups in total. The number of morpholine rings is 1. The van der Waals surface area contributed by atoms with Gasteiger partial charge in [0.15, 0.2) is 0 Å². The Hall–Kier alpha value is -2.56. The molecule has 4 rings (SSSR count). The summed E-state index contributed by atoms with van der Waals surface area (Å²) in [6.07, 6.45) is 8.57. The van der Waals surface area contributed by atoms with Crippen LogP contribution in [0.15, 0.2) is 17.2 Å². The maximum atomic E-state index is 13.0. The van der Waals surface area contributed by atoms with E-state index in [1.807, 2.05) is 4.57 Å². The van der Waals surface area contributed by atoms with Gasteiger partial charge in [-0.25, -0.2) is 10.5 Å². The fourth-order valence-corrected chi connectivity index (χ4v) is 4.32. The van der Waals surface area contributed by atoms with Crippen molar-refractivity contribution in [2.24, 2.45) is 0 Å². The average molecular weight is 431 g/mol. The molecular formula is C21H30N6O4. The van der Waals surface area contributed by atoms with Crippen LogP contribution in [0.4, 0.5) is 5.95 Å². The number of nitrogens with one attached hydrogen (secondary N) is 2. The van der Waals surface area contributed by atoms with E-state index in [0.717, 1.165) is 58.5 Å². The summed E-state index contributed by atoms with van der Waals surface area (Å²) in [5.41, 5.74) is 2.46. The van der Waals surface area contributed by atoms with Crippen molar-refractivity contribution >= 4 is 22.9 Å². The van der Waals surface area contributed by atoms with E-state index in [-0.39, 0.29) is 11.6 Å². The number of rotatable bonds is 7. The maximum absolute atomic E-state index is 13.0. The minimum Gasteiger partial charge on any atom is -0.379 e. The summed E-state index contributed by atoms with van der Waals surface area (Å²) in [7, 11) is 1.34. The number of pyridine rings is 1. The zero-order chi connectivity index (χ0) is 21.6. The molecule has 2 aliphatic rings. The lowest BCUT2D eigenvalue weighted by Gasteiger charge is -2.27. The van der Waals surface area contributed by atoms with Crippen LogP contribution in [0.2, 0.25) is 0 Å². The lowest BCUT2D eigenvalue weighted by molar-refractivity contribution is 0.0398. The number of hydrogen-bond donors (Lipinski definition) is 2. The molecule has 168 valence electrons. The smallest absolute Gasteiger partial charge is 0.280 e. The van der Waals surface area contributed by atoms with E-state index in [0.29, 0.717) is 23.5 Å². The van der Waals surface area contributed by atoms with Gasteiger partial charge >= 0.3 is 0 Å². The van der Waals surface area contributed by atoms with Crippen LogP contribution in [0.25, 0.3) is 11.0 Å². The highest BCUT2D eigenvalue weighted by atomic mass is 16.6. The zero-order valence-corrected chi connectivity index (χ0v) is 17.9. The predicted molar refractivity (Wildman–Crippen MR) is 116 cm³/mol. The Balaban J connectivity index is 1.63. The van der Waals surface area contributed by atoms with Gasteiger partial charge in [0.2, 0.25) is 11.4 Å². The van der Waals surface area contributed by atoms with Gasteiger partial charge in [-0.2, -0.15) is 4.98 Å². The molecule has 1 aliphatic heterocycles. The topological polar surface area (TPSA) is 111 Å². The van der Waals surface area contributed by atoms with Crippen molar-refractivity contribution < 1.29 is 14.4 Å². The summed E-state index contributed by atoms with van der Waals surface area (Å²) in [5, 5.41) is 3.61. The Morgan fingerprint density at radius 3 is 2.77 bits per heavy atom. The summed E-state index contributed by atoms with van der Waals surface area (Å²) >= 11 is 0.